The summed E-state index contributed by atoms with van der Waals surface area (Å²) >= 11 is 0. The zero-order valence-corrected chi connectivity index (χ0v) is 13.9. The predicted octanol–water partition coefficient (Wildman–Crippen LogP) is 3.83. The molecule has 22 heavy (non-hydrogen) atoms. The SMILES string of the molecule is C=C(C)C(=O)OC(C)(C)CC(C)OC(=O)c1ccccc1C. The van der Waals surface area contributed by atoms with Crippen LogP contribution in [0.25, 0.3) is 0 Å². The number of carbonyl (C=O) groups excluding carboxylic acids is 2. The third-order valence-electron chi connectivity index (χ3n) is 3.17. The summed E-state index contributed by atoms with van der Waals surface area (Å²) < 4.78 is 10.8. The molecule has 0 fully saturated rings. The van der Waals surface area contributed by atoms with Gasteiger partial charge in [-0.2, -0.15) is 0 Å². The standard InChI is InChI=1S/C18H24O4/c1-12(2)16(19)22-18(5,6)11-14(4)21-17(20)15-10-8-7-9-13(15)3/h7-10,14H,1,11H2,2-6H3. The first-order valence-corrected chi connectivity index (χ1v) is 7.28. The maximum absolute atomic E-state index is 12.1. The van der Waals surface area contributed by atoms with Gasteiger partial charge in [-0.15, -0.1) is 0 Å². The van der Waals surface area contributed by atoms with E-state index in [1.807, 2.05) is 19.1 Å². The third-order valence-corrected chi connectivity index (χ3v) is 3.17. The Balaban J connectivity index is 2.64. The molecule has 0 saturated carbocycles. The van der Waals surface area contributed by atoms with Crippen molar-refractivity contribution < 1.29 is 19.1 Å². The topological polar surface area (TPSA) is 52.6 Å². The van der Waals surface area contributed by atoms with Crippen LogP contribution in [0.2, 0.25) is 0 Å². The number of rotatable bonds is 6. The molecule has 0 spiro atoms. The Kier molecular flexibility index (Phi) is 5.92. The summed E-state index contributed by atoms with van der Waals surface area (Å²) in [6.07, 6.45) is 0.0314. The van der Waals surface area contributed by atoms with Gasteiger partial charge in [-0.05, 0) is 46.2 Å². The molecule has 1 atom stereocenters. The summed E-state index contributed by atoms with van der Waals surface area (Å²) in [6.45, 7) is 12.4. The lowest BCUT2D eigenvalue weighted by molar-refractivity contribution is -0.153. The molecule has 1 aromatic rings. The van der Waals surface area contributed by atoms with Gasteiger partial charge in [0.05, 0.1) is 5.56 Å². The van der Waals surface area contributed by atoms with Gasteiger partial charge in [0.1, 0.15) is 11.7 Å². The highest BCUT2D eigenvalue weighted by molar-refractivity contribution is 5.91. The van der Waals surface area contributed by atoms with Crippen molar-refractivity contribution in [2.75, 3.05) is 0 Å². The van der Waals surface area contributed by atoms with Crippen molar-refractivity contribution in [3.8, 4) is 0 Å². The minimum Gasteiger partial charge on any atom is -0.459 e. The number of carbonyl (C=O) groups is 2. The minimum absolute atomic E-state index is 0.345. The molecule has 4 nitrogen and oxygen atoms in total. The van der Waals surface area contributed by atoms with E-state index in [4.69, 9.17) is 9.47 Å². The van der Waals surface area contributed by atoms with Crippen molar-refractivity contribution in [3.63, 3.8) is 0 Å². The van der Waals surface area contributed by atoms with E-state index in [0.717, 1.165) is 5.56 Å². The fourth-order valence-electron chi connectivity index (χ4n) is 2.16. The van der Waals surface area contributed by atoms with E-state index in [9.17, 15) is 9.59 Å². The molecule has 120 valence electrons. The van der Waals surface area contributed by atoms with Crippen LogP contribution in [0.4, 0.5) is 0 Å². The Morgan fingerprint density at radius 1 is 1.27 bits per heavy atom. The van der Waals surface area contributed by atoms with Crippen LogP contribution < -0.4 is 0 Å². The molecule has 0 amide bonds. The van der Waals surface area contributed by atoms with Gasteiger partial charge >= 0.3 is 11.9 Å². The molecule has 0 aliphatic heterocycles. The second-order valence-corrected chi connectivity index (χ2v) is 6.16. The summed E-state index contributed by atoms with van der Waals surface area (Å²) in [6, 6.07) is 7.26. The summed E-state index contributed by atoms with van der Waals surface area (Å²) in [4.78, 5) is 23.7. The predicted molar refractivity (Wildman–Crippen MR) is 85.7 cm³/mol. The quantitative estimate of drug-likeness (QED) is 0.592. The van der Waals surface area contributed by atoms with Crippen molar-refractivity contribution in [2.24, 2.45) is 0 Å². The Bertz CT molecular complexity index is 572. The highest BCUT2D eigenvalue weighted by Crippen LogP contribution is 2.21. The second-order valence-electron chi connectivity index (χ2n) is 6.16. The van der Waals surface area contributed by atoms with Crippen LogP contribution in [0, 0.1) is 6.92 Å². The zero-order chi connectivity index (χ0) is 16.9. The first-order valence-electron chi connectivity index (χ1n) is 7.28. The second kappa shape index (κ2) is 7.25. The monoisotopic (exact) mass is 304 g/mol. The number of benzene rings is 1. The number of ether oxygens (including phenoxy) is 2. The first-order chi connectivity index (χ1) is 10.1. The van der Waals surface area contributed by atoms with Crippen LogP contribution >= 0.6 is 0 Å². The van der Waals surface area contributed by atoms with E-state index in [0.29, 0.717) is 17.6 Å². The van der Waals surface area contributed by atoms with Gasteiger partial charge in [-0.1, -0.05) is 24.8 Å². The molecule has 1 aromatic carbocycles. The Labute approximate surface area is 132 Å². The lowest BCUT2D eigenvalue weighted by Crippen LogP contribution is -2.33. The van der Waals surface area contributed by atoms with Crippen LogP contribution in [0.5, 0.6) is 0 Å². The summed E-state index contributed by atoms with van der Waals surface area (Å²) in [5.41, 5.74) is 1.03. The molecule has 1 rings (SSSR count). The van der Waals surface area contributed by atoms with Crippen molar-refractivity contribution in [1.82, 2.24) is 0 Å². The van der Waals surface area contributed by atoms with Gasteiger partial charge in [-0.3, -0.25) is 0 Å². The molecule has 0 radical (unpaired) electrons. The molecule has 0 aliphatic carbocycles. The van der Waals surface area contributed by atoms with Crippen molar-refractivity contribution >= 4 is 11.9 Å². The molecule has 4 heteroatoms. The van der Waals surface area contributed by atoms with Gasteiger partial charge in [-0.25, -0.2) is 9.59 Å². The molecule has 0 aliphatic rings. The summed E-state index contributed by atoms with van der Waals surface area (Å²) in [7, 11) is 0. The number of aryl methyl sites for hydroxylation is 1. The van der Waals surface area contributed by atoms with Gasteiger partial charge in [0.2, 0.25) is 0 Å². The normalized spacial score (nSPS) is 12.4. The van der Waals surface area contributed by atoms with E-state index in [2.05, 4.69) is 6.58 Å². The van der Waals surface area contributed by atoms with Crippen LogP contribution in [-0.4, -0.2) is 23.6 Å². The highest BCUT2D eigenvalue weighted by atomic mass is 16.6. The minimum atomic E-state index is -0.735. The first kappa shape index (κ1) is 18.0. The van der Waals surface area contributed by atoms with Crippen LogP contribution in [0.3, 0.4) is 0 Å². The molecular formula is C18H24O4. The average molecular weight is 304 g/mol. The molecule has 0 aromatic heterocycles. The summed E-state index contributed by atoms with van der Waals surface area (Å²) in [5, 5.41) is 0. The van der Waals surface area contributed by atoms with E-state index >= 15 is 0 Å². The van der Waals surface area contributed by atoms with Gasteiger partial charge in [0, 0.05) is 12.0 Å². The number of hydrogen-bond donors (Lipinski definition) is 0. The molecule has 0 bridgehead atoms. The van der Waals surface area contributed by atoms with E-state index in [-0.39, 0.29) is 12.1 Å². The van der Waals surface area contributed by atoms with Crippen LogP contribution in [0.1, 0.15) is 50.0 Å². The van der Waals surface area contributed by atoms with Gasteiger partial charge in [0.25, 0.3) is 0 Å². The highest BCUT2D eigenvalue weighted by Gasteiger charge is 2.27. The van der Waals surface area contributed by atoms with E-state index in [1.165, 1.54) is 0 Å². The van der Waals surface area contributed by atoms with E-state index in [1.54, 1.807) is 39.8 Å². The lowest BCUT2D eigenvalue weighted by atomic mass is 10.0. The Morgan fingerprint density at radius 3 is 2.41 bits per heavy atom. The van der Waals surface area contributed by atoms with Gasteiger partial charge < -0.3 is 9.47 Å². The Morgan fingerprint density at radius 2 is 1.86 bits per heavy atom. The van der Waals surface area contributed by atoms with Crippen molar-refractivity contribution in [2.45, 2.75) is 52.7 Å². The average Bonchev–Trinajstić information content (AvgIpc) is 2.37. The van der Waals surface area contributed by atoms with Crippen LogP contribution in [-0.2, 0) is 14.3 Å². The van der Waals surface area contributed by atoms with Crippen LogP contribution in [0.15, 0.2) is 36.4 Å². The zero-order valence-electron chi connectivity index (χ0n) is 13.9. The molecule has 0 saturated heterocycles. The smallest absolute Gasteiger partial charge is 0.338 e. The third kappa shape index (κ3) is 5.35. The molecule has 0 heterocycles. The number of esters is 2. The molecule has 0 N–H and O–H groups in total. The van der Waals surface area contributed by atoms with Crippen molar-refractivity contribution in [1.29, 1.82) is 0 Å². The lowest BCUT2D eigenvalue weighted by Gasteiger charge is -2.28. The number of hydrogen-bond acceptors (Lipinski definition) is 4. The molecular weight excluding hydrogens is 280 g/mol. The fourth-order valence-corrected chi connectivity index (χ4v) is 2.16. The summed E-state index contributed by atoms with van der Waals surface area (Å²) in [5.74, 6) is -0.810. The van der Waals surface area contributed by atoms with Crippen molar-refractivity contribution in [3.05, 3.63) is 47.5 Å². The maximum atomic E-state index is 12.1. The maximum Gasteiger partial charge on any atom is 0.338 e. The fraction of sp³-hybridized carbons (Fsp3) is 0.444. The van der Waals surface area contributed by atoms with Gasteiger partial charge in [0.15, 0.2) is 0 Å². The Hall–Kier alpha value is -2.10. The largest absolute Gasteiger partial charge is 0.459 e. The molecule has 1 unspecified atom stereocenters. The van der Waals surface area contributed by atoms with E-state index < -0.39 is 11.6 Å².